The Kier molecular flexibility index (Phi) is 7.62. The highest BCUT2D eigenvalue weighted by molar-refractivity contribution is 8.01. The lowest BCUT2D eigenvalue weighted by atomic mass is 9.78. The number of likely N-dealkylation sites (N-methyl/N-ethyl adjacent to an activating group) is 1. The number of carbonyl (C=O) groups is 2. The summed E-state index contributed by atoms with van der Waals surface area (Å²) in [5.41, 5.74) is 3.58. The molecule has 15 heteroatoms. The summed E-state index contributed by atoms with van der Waals surface area (Å²) in [5.74, 6) is 0.561. The van der Waals surface area contributed by atoms with Crippen LogP contribution in [0, 0.1) is 13.8 Å². The van der Waals surface area contributed by atoms with Gasteiger partial charge < -0.3 is 43.4 Å². The molecule has 8 aliphatic heterocycles. The van der Waals surface area contributed by atoms with Gasteiger partial charge in [0, 0.05) is 65.2 Å². The van der Waals surface area contributed by atoms with E-state index >= 15 is 4.79 Å². The van der Waals surface area contributed by atoms with Crippen molar-refractivity contribution in [3.05, 3.63) is 75.0 Å². The van der Waals surface area contributed by atoms with E-state index in [0.29, 0.717) is 57.3 Å². The van der Waals surface area contributed by atoms with E-state index in [0.717, 1.165) is 22.1 Å². The number of hydrogen-bond acceptors (Lipinski definition) is 15. The third-order valence-electron chi connectivity index (χ3n) is 12.3. The normalized spacial score (nSPS) is 31.4. The van der Waals surface area contributed by atoms with Crippen LogP contribution in [0.25, 0.3) is 11.0 Å². The first-order chi connectivity index (χ1) is 26.4. The number of benzene rings is 3. The van der Waals surface area contributed by atoms with Crippen molar-refractivity contribution in [1.82, 2.24) is 15.1 Å². The largest absolute Gasteiger partial charge is 0.504 e. The van der Waals surface area contributed by atoms with Gasteiger partial charge in [0.25, 0.3) is 0 Å². The number of aryl methyl sites for hydroxylation is 1. The van der Waals surface area contributed by atoms with Gasteiger partial charge in [-0.25, -0.2) is 4.79 Å². The molecule has 14 nitrogen and oxygen atoms in total. The Morgan fingerprint density at radius 1 is 1.11 bits per heavy atom. The molecular weight excluding hydrogens is 731 g/mol. The van der Waals surface area contributed by atoms with Crippen molar-refractivity contribution in [1.29, 1.82) is 0 Å². The summed E-state index contributed by atoms with van der Waals surface area (Å²) in [6, 6.07) is 6.82. The maximum atomic E-state index is 15.1. The SMILES string of the molecule is COc1c(C)cc2c(c1O)[C@H]1[C@@H]3[C@@H]4S[C@]5(N[C@H](CO)Cc6c5oc5ccccc65)C(=O)OCC(c5c6c(c(C)c(OC(C)=O)c54)OCO6)N3C(O)(C2)CN1C. The van der Waals surface area contributed by atoms with Gasteiger partial charge in [-0.05, 0) is 44.5 Å². The first kappa shape index (κ1) is 34.9. The molecule has 0 saturated carbocycles. The van der Waals surface area contributed by atoms with Crippen LogP contribution >= 0.6 is 11.8 Å². The third-order valence-corrected chi connectivity index (χ3v) is 13.9. The van der Waals surface area contributed by atoms with E-state index in [1.165, 1.54) is 25.8 Å². The van der Waals surface area contributed by atoms with Gasteiger partial charge in [0.05, 0.1) is 31.1 Å². The highest BCUT2D eigenvalue weighted by atomic mass is 32.2. The van der Waals surface area contributed by atoms with Crippen molar-refractivity contribution in [3.8, 4) is 28.7 Å². The number of thioether (sulfide) groups is 1. The van der Waals surface area contributed by atoms with E-state index in [-0.39, 0.29) is 44.5 Å². The number of ether oxygens (including phenoxy) is 5. The van der Waals surface area contributed by atoms with E-state index in [1.54, 1.807) is 6.92 Å². The molecule has 4 bridgehead atoms. The fraction of sp³-hybridized carbons (Fsp3) is 0.450. The van der Waals surface area contributed by atoms with Crippen LogP contribution in [-0.4, -0.2) is 95.6 Å². The van der Waals surface area contributed by atoms with Crippen molar-refractivity contribution in [3.63, 3.8) is 0 Å². The maximum Gasteiger partial charge on any atom is 0.345 e. The molecule has 0 amide bonds. The smallest absolute Gasteiger partial charge is 0.345 e. The fourth-order valence-corrected chi connectivity index (χ4v) is 12.2. The second kappa shape index (κ2) is 12.0. The van der Waals surface area contributed by atoms with Crippen molar-refractivity contribution < 1.29 is 53.0 Å². The zero-order chi connectivity index (χ0) is 38.3. The van der Waals surface area contributed by atoms with E-state index < -0.39 is 52.0 Å². The Balaban J connectivity index is 1.32. The number of phenols is 1. The Morgan fingerprint density at radius 3 is 2.65 bits per heavy atom. The molecule has 8 atom stereocenters. The second-order valence-corrected chi connectivity index (χ2v) is 16.8. The summed E-state index contributed by atoms with van der Waals surface area (Å²) in [6.45, 7) is 4.58. The number of phenolic OH excluding ortho intramolecular Hbond substituents is 1. The number of methoxy groups -OCH3 is 1. The lowest BCUT2D eigenvalue weighted by Crippen LogP contribution is -2.69. The van der Waals surface area contributed by atoms with Crippen molar-refractivity contribution in [2.24, 2.45) is 0 Å². The molecule has 3 unspecified atom stereocenters. The minimum Gasteiger partial charge on any atom is -0.504 e. The molecular formula is C40H41N3O11S. The molecule has 2 saturated heterocycles. The quantitative estimate of drug-likeness (QED) is 0.175. The van der Waals surface area contributed by atoms with Crippen LogP contribution in [0.3, 0.4) is 0 Å². The van der Waals surface area contributed by atoms with Crippen LogP contribution in [0.5, 0.6) is 28.7 Å². The Bertz CT molecular complexity index is 2350. The van der Waals surface area contributed by atoms with Crippen molar-refractivity contribution in [2.75, 3.05) is 40.7 Å². The molecule has 1 aromatic heterocycles. The number of aliphatic hydroxyl groups excluding tert-OH is 1. The molecule has 9 heterocycles. The van der Waals surface area contributed by atoms with Gasteiger partial charge in [0.2, 0.25) is 11.7 Å². The highest BCUT2D eigenvalue weighted by Crippen LogP contribution is 2.67. The number of para-hydroxylation sites is 1. The maximum absolute atomic E-state index is 15.1. The average molecular weight is 772 g/mol. The number of fused-ring (bicyclic) bond motifs is 7. The predicted octanol–water partition coefficient (Wildman–Crippen LogP) is 3.77. The van der Waals surface area contributed by atoms with Gasteiger partial charge in [0.15, 0.2) is 28.8 Å². The van der Waals surface area contributed by atoms with Gasteiger partial charge in [-0.2, -0.15) is 0 Å². The van der Waals surface area contributed by atoms with Crippen molar-refractivity contribution >= 4 is 34.7 Å². The summed E-state index contributed by atoms with van der Waals surface area (Å²) < 4.78 is 37.2. The lowest BCUT2D eigenvalue weighted by molar-refractivity contribution is -0.213. The zero-order valence-corrected chi connectivity index (χ0v) is 31.7. The number of nitrogens with one attached hydrogen (secondary N) is 1. The Morgan fingerprint density at radius 2 is 1.89 bits per heavy atom. The van der Waals surface area contributed by atoms with Crippen LogP contribution in [0.15, 0.2) is 34.7 Å². The highest BCUT2D eigenvalue weighted by Gasteiger charge is 2.66. The minimum atomic E-state index is -1.73. The zero-order valence-electron chi connectivity index (χ0n) is 30.9. The number of carbonyl (C=O) groups excluding carboxylic acids is 2. The van der Waals surface area contributed by atoms with E-state index in [2.05, 4.69) is 5.32 Å². The van der Waals surface area contributed by atoms with Crippen molar-refractivity contribution in [2.45, 2.75) is 73.6 Å². The number of rotatable bonds is 3. The molecule has 3 aromatic carbocycles. The van der Waals surface area contributed by atoms with Crippen LogP contribution in [0.4, 0.5) is 0 Å². The monoisotopic (exact) mass is 771 g/mol. The van der Waals surface area contributed by atoms with Crippen LogP contribution in [0.2, 0.25) is 0 Å². The summed E-state index contributed by atoms with van der Waals surface area (Å²) >= 11 is 1.22. The molecule has 0 radical (unpaired) electrons. The summed E-state index contributed by atoms with van der Waals surface area (Å²) in [5, 5.41) is 39.5. The van der Waals surface area contributed by atoms with Gasteiger partial charge in [0.1, 0.15) is 23.7 Å². The second-order valence-electron chi connectivity index (χ2n) is 15.5. The van der Waals surface area contributed by atoms with E-state index in [9.17, 15) is 20.1 Å². The molecule has 12 rings (SSSR count). The molecule has 288 valence electrons. The number of piperazine rings is 1. The fourth-order valence-electron chi connectivity index (χ4n) is 10.4. The van der Waals surface area contributed by atoms with E-state index in [1.807, 2.05) is 54.1 Å². The molecule has 1 spiro atoms. The molecule has 2 fully saturated rings. The lowest BCUT2D eigenvalue weighted by Gasteiger charge is -2.60. The minimum absolute atomic E-state index is 0.0266. The number of aliphatic hydroxyl groups is 2. The molecule has 55 heavy (non-hydrogen) atoms. The number of esters is 2. The van der Waals surface area contributed by atoms with E-state index in [4.69, 9.17) is 28.1 Å². The average Bonchev–Trinajstić information content (AvgIpc) is 3.76. The Hall–Kier alpha value is -4.51. The predicted molar refractivity (Wildman–Crippen MR) is 197 cm³/mol. The summed E-state index contributed by atoms with van der Waals surface area (Å²) in [7, 11) is 3.42. The first-order valence-corrected chi connectivity index (χ1v) is 19.3. The number of nitrogens with zero attached hydrogens (tertiary/aromatic N) is 2. The Labute approximate surface area is 320 Å². The number of furan rings is 1. The molecule has 4 N–H and O–H groups in total. The van der Waals surface area contributed by atoms with Crippen LogP contribution < -0.4 is 24.3 Å². The van der Waals surface area contributed by atoms with Gasteiger partial charge in [-0.1, -0.05) is 24.3 Å². The van der Waals surface area contributed by atoms with Gasteiger partial charge >= 0.3 is 11.9 Å². The molecule has 0 aliphatic carbocycles. The third kappa shape index (κ3) is 4.62. The molecule has 8 aliphatic rings. The summed E-state index contributed by atoms with van der Waals surface area (Å²) in [6.07, 6.45) is 0.529. The van der Waals surface area contributed by atoms with Crippen LogP contribution in [0.1, 0.15) is 69.0 Å². The number of aromatic hydroxyl groups is 1. The number of hydrogen-bond donors (Lipinski definition) is 4. The molecule has 4 aromatic rings. The van der Waals surface area contributed by atoms with Gasteiger partial charge in [-0.3, -0.25) is 19.9 Å². The topological polar surface area (TPSA) is 173 Å². The summed E-state index contributed by atoms with van der Waals surface area (Å²) in [4.78, 5) is 30.4. The standard InChI is InChI=1S/C40H41N3O11S/c1-17-10-20-12-39(48)15-42(4)29(26(20)31(46)32(17)49-5)30-36-28-27(35-34(51-16-52-35)18(2)33(28)53-19(3)45)24(43(30)39)14-50-38(47)40(55-36)37-23(11-21(13-44)41-40)22-8-6-7-9-25(22)54-37/h6-10,21,24,29-30,36,41,44,46,48H,11-16H2,1-5H3/t21-,24?,29-,30+,36+,39?,40-/m0/s1. The van der Waals surface area contributed by atoms with Crippen LogP contribution in [-0.2, 0) is 32.0 Å². The van der Waals surface area contributed by atoms with Gasteiger partial charge in [-0.15, -0.1) is 11.8 Å². The first-order valence-electron chi connectivity index (χ1n) is 18.4.